The number of hydrogen-bond acceptors (Lipinski definition) is 4. The fourth-order valence-corrected chi connectivity index (χ4v) is 1.90. The van der Waals surface area contributed by atoms with Crippen molar-refractivity contribution in [3.05, 3.63) is 45.8 Å². The maximum absolute atomic E-state index is 10.7. The number of carbonyl (C=O) groups is 1. The first-order valence-electron chi connectivity index (χ1n) is 6.21. The Morgan fingerprint density at radius 1 is 1.11 bits per heavy atom. The molecule has 1 rings (SSSR count). The molecular formula is C13H19N3O3. The number of piperazine rings is 1. The number of allylic oxidation sites excluding steroid dienone is 4. The summed E-state index contributed by atoms with van der Waals surface area (Å²) < 4.78 is 0. The van der Waals surface area contributed by atoms with Crippen LogP contribution in [0.25, 0.3) is 0 Å². The monoisotopic (exact) mass is 265 g/mol. The normalized spacial score (nSPS) is 18.0. The molecule has 0 saturated carbocycles. The number of carbonyl (C=O) groups excluding carboxylic acids is 1. The summed E-state index contributed by atoms with van der Waals surface area (Å²) in [5.41, 5.74) is 1.01. The van der Waals surface area contributed by atoms with E-state index in [1.807, 2.05) is 13.0 Å². The highest BCUT2D eigenvalue weighted by Gasteiger charge is 2.16. The van der Waals surface area contributed by atoms with Gasteiger partial charge in [-0.15, -0.1) is 0 Å². The van der Waals surface area contributed by atoms with Crippen LogP contribution in [0.5, 0.6) is 0 Å². The van der Waals surface area contributed by atoms with Gasteiger partial charge in [-0.25, -0.2) is 0 Å². The largest absolute Gasteiger partial charge is 0.368 e. The van der Waals surface area contributed by atoms with E-state index in [1.165, 1.54) is 12.2 Å². The third-order valence-corrected chi connectivity index (χ3v) is 3.06. The molecule has 1 fully saturated rings. The molecule has 0 aromatic rings. The second kappa shape index (κ2) is 7.35. The summed E-state index contributed by atoms with van der Waals surface area (Å²) >= 11 is 0. The van der Waals surface area contributed by atoms with Crippen LogP contribution in [0.1, 0.15) is 13.8 Å². The van der Waals surface area contributed by atoms with Crippen molar-refractivity contribution in [3.63, 3.8) is 0 Å². The molecule has 1 amide bonds. The molecule has 19 heavy (non-hydrogen) atoms. The number of rotatable bonds is 5. The van der Waals surface area contributed by atoms with Crippen LogP contribution in [0, 0.1) is 10.1 Å². The Morgan fingerprint density at radius 2 is 1.74 bits per heavy atom. The minimum Gasteiger partial charge on any atom is -0.368 e. The number of nitrogens with zero attached hydrogens (tertiary/aromatic N) is 3. The molecule has 0 unspecified atom stereocenters. The van der Waals surface area contributed by atoms with Crippen LogP contribution in [0.15, 0.2) is 35.7 Å². The molecule has 0 aromatic carbocycles. The molecule has 104 valence electrons. The summed E-state index contributed by atoms with van der Waals surface area (Å²) in [4.78, 5) is 24.8. The van der Waals surface area contributed by atoms with E-state index >= 15 is 0 Å². The summed E-state index contributed by atoms with van der Waals surface area (Å²) in [6.45, 7) is 6.38. The topological polar surface area (TPSA) is 66.7 Å². The molecule has 0 N–H and O–H groups in total. The number of amides is 1. The summed E-state index contributed by atoms with van der Waals surface area (Å²) in [7, 11) is 0. The van der Waals surface area contributed by atoms with Gasteiger partial charge >= 0.3 is 0 Å². The van der Waals surface area contributed by atoms with Crippen molar-refractivity contribution in [2.45, 2.75) is 13.8 Å². The van der Waals surface area contributed by atoms with Gasteiger partial charge in [-0.3, -0.25) is 14.9 Å². The van der Waals surface area contributed by atoms with Crippen LogP contribution in [0.2, 0.25) is 0 Å². The second-order valence-electron chi connectivity index (χ2n) is 4.15. The maximum Gasteiger partial charge on any atom is 0.265 e. The molecule has 1 heterocycles. The highest BCUT2D eigenvalue weighted by molar-refractivity contribution is 5.47. The average Bonchev–Trinajstić information content (AvgIpc) is 2.43. The molecule has 1 saturated heterocycles. The first kappa shape index (κ1) is 14.9. The first-order valence-corrected chi connectivity index (χ1v) is 6.21. The molecule has 1 aliphatic rings. The predicted octanol–water partition coefficient (Wildman–Crippen LogP) is 1.40. The van der Waals surface area contributed by atoms with Gasteiger partial charge in [0.05, 0.1) is 4.92 Å². The molecule has 1 aliphatic heterocycles. The Hall–Kier alpha value is -2.11. The number of nitro groups is 1. The lowest BCUT2D eigenvalue weighted by molar-refractivity contribution is -0.419. The first-order chi connectivity index (χ1) is 9.12. The quantitative estimate of drug-likeness (QED) is 0.326. The van der Waals surface area contributed by atoms with E-state index in [9.17, 15) is 14.9 Å². The molecule has 0 bridgehead atoms. The predicted molar refractivity (Wildman–Crippen MR) is 72.9 cm³/mol. The Morgan fingerprint density at radius 3 is 2.16 bits per heavy atom. The van der Waals surface area contributed by atoms with Gasteiger partial charge in [0, 0.05) is 38.0 Å². The summed E-state index contributed by atoms with van der Waals surface area (Å²) in [5.74, 6) is 0. The van der Waals surface area contributed by atoms with Crippen LogP contribution in [-0.4, -0.2) is 47.3 Å². The van der Waals surface area contributed by atoms with Crippen LogP contribution in [-0.2, 0) is 4.79 Å². The third kappa shape index (κ3) is 4.24. The smallest absolute Gasteiger partial charge is 0.265 e. The van der Waals surface area contributed by atoms with Crippen LogP contribution in [0.4, 0.5) is 0 Å². The molecule has 6 nitrogen and oxygen atoms in total. The molecule has 0 aromatic heterocycles. The zero-order valence-electron chi connectivity index (χ0n) is 11.3. The molecule has 0 aliphatic carbocycles. The van der Waals surface area contributed by atoms with E-state index < -0.39 is 4.92 Å². The fourth-order valence-electron chi connectivity index (χ4n) is 1.90. The zero-order valence-corrected chi connectivity index (χ0v) is 11.3. The van der Waals surface area contributed by atoms with Crippen LogP contribution < -0.4 is 0 Å². The van der Waals surface area contributed by atoms with Crippen molar-refractivity contribution in [1.29, 1.82) is 0 Å². The van der Waals surface area contributed by atoms with Gasteiger partial charge in [0.1, 0.15) is 0 Å². The summed E-state index contributed by atoms with van der Waals surface area (Å²) in [5, 5.41) is 10.7. The van der Waals surface area contributed by atoms with Crippen molar-refractivity contribution in [2.75, 3.05) is 26.2 Å². The van der Waals surface area contributed by atoms with E-state index in [0.717, 1.165) is 25.2 Å². The van der Waals surface area contributed by atoms with E-state index in [0.29, 0.717) is 13.1 Å². The second-order valence-corrected chi connectivity index (χ2v) is 4.15. The van der Waals surface area contributed by atoms with E-state index in [4.69, 9.17) is 0 Å². The SMILES string of the molecule is C\C=C(/C=C\C(=C/C)[N+](=O)[O-])N1CCN(C=O)CC1. The highest BCUT2D eigenvalue weighted by atomic mass is 16.6. The lowest BCUT2D eigenvalue weighted by Crippen LogP contribution is -2.44. The standard InChI is InChI=1S/C13H19N3O3/c1-3-12(5-6-13(4-2)16(18)19)15-9-7-14(11-17)8-10-15/h3-6,11H,7-10H2,1-2H3/b6-5-,12-3+,13-4+. The summed E-state index contributed by atoms with van der Waals surface area (Å²) in [6.07, 6.45) is 7.48. The van der Waals surface area contributed by atoms with Crippen molar-refractivity contribution in [1.82, 2.24) is 9.80 Å². The molecule has 0 spiro atoms. The Bertz CT molecular complexity index is 419. The van der Waals surface area contributed by atoms with Crippen molar-refractivity contribution in [2.24, 2.45) is 0 Å². The van der Waals surface area contributed by atoms with Gasteiger partial charge in [-0.05, 0) is 26.0 Å². The van der Waals surface area contributed by atoms with Gasteiger partial charge in [-0.1, -0.05) is 6.08 Å². The number of hydrogen-bond donors (Lipinski definition) is 0. The highest BCUT2D eigenvalue weighted by Crippen LogP contribution is 2.11. The van der Waals surface area contributed by atoms with Gasteiger partial charge < -0.3 is 9.80 Å². The molecular weight excluding hydrogens is 246 g/mol. The molecule has 0 atom stereocenters. The fraction of sp³-hybridized carbons (Fsp3) is 0.462. The van der Waals surface area contributed by atoms with Crippen molar-refractivity contribution >= 4 is 6.41 Å². The van der Waals surface area contributed by atoms with Crippen molar-refractivity contribution < 1.29 is 9.72 Å². The summed E-state index contributed by atoms with van der Waals surface area (Å²) in [6, 6.07) is 0. The lowest BCUT2D eigenvalue weighted by atomic mass is 10.2. The maximum atomic E-state index is 10.7. The molecule has 0 radical (unpaired) electrons. The minimum absolute atomic E-state index is 0.0749. The third-order valence-electron chi connectivity index (χ3n) is 3.06. The van der Waals surface area contributed by atoms with E-state index in [1.54, 1.807) is 17.9 Å². The van der Waals surface area contributed by atoms with Gasteiger partial charge in [0.2, 0.25) is 6.41 Å². The van der Waals surface area contributed by atoms with Gasteiger partial charge in [-0.2, -0.15) is 0 Å². The van der Waals surface area contributed by atoms with E-state index in [-0.39, 0.29) is 5.70 Å². The zero-order chi connectivity index (χ0) is 14.3. The Kier molecular flexibility index (Phi) is 5.78. The Balaban J connectivity index is 2.68. The van der Waals surface area contributed by atoms with Crippen LogP contribution in [0.3, 0.4) is 0 Å². The molecule has 6 heteroatoms. The van der Waals surface area contributed by atoms with Crippen molar-refractivity contribution in [3.8, 4) is 0 Å². The minimum atomic E-state index is -0.409. The van der Waals surface area contributed by atoms with E-state index in [2.05, 4.69) is 4.90 Å². The lowest BCUT2D eigenvalue weighted by Gasteiger charge is -2.34. The van der Waals surface area contributed by atoms with Gasteiger partial charge in [0.15, 0.2) is 0 Å². The average molecular weight is 265 g/mol. The van der Waals surface area contributed by atoms with Crippen LogP contribution >= 0.6 is 0 Å². The Labute approximate surface area is 112 Å². The van der Waals surface area contributed by atoms with Gasteiger partial charge in [0.25, 0.3) is 5.70 Å².